The van der Waals surface area contributed by atoms with Crippen LogP contribution in [0.4, 0.5) is 4.79 Å². The third-order valence-corrected chi connectivity index (χ3v) is 5.78. The number of esters is 1. The maximum absolute atomic E-state index is 13.0. The Hall–Kier alpha value is -2.04. The molecule has 2 aliphatic rings. The van der Waals surface area contributed by atoms with E-state index < -0.39 is 18.4 Å². The molecule has 1 amide bonds. The Morgan fingerprint density at radius 1 is 1.11 bits per heavy atom. The molecule has 154 valence electrons. The monoisotopic (exact) mass is 387 g/mol. The highest BCUT2D eigenvalue weighted by molar-refractivity contribution is 5.84. The van der Waals surface area contributed by atoms with E-state index in [0.29, 0.717) is 12.3 Å². The van der Waals surface area contributed by atoms with Gasteiger partial charge in [0.25, 0.3) is 0 Å². The van der Waals surface area contributed by atoms with Crippen molar-refractivity contribution < 1.29 is 19.1 Å². The average Bonchev–Trinajstić information content (AvgIpc) is 2.83. The van der Waals surface area contributed by atoms with Crippen LogP contribution in [0.2, 0.25) is 0 Å². The predicted octanol–water partition coefficient (Wildman–Crippen LogP) is 5.28. The van der Waals surface area contributed by atoms with Crippen molar-refractivity contribution >= 4 is 12.1 Å². The molecule has 1 saturated carbocycles. The van der Waals surface area contributed by atoms with Gasteiger partial charge in [0.2, 0.25) is 0 Å². The molecule has 1 heterocycles. The Balaban J connectivity index is 1.74. The number of rotatable bonds is 4. The first-order valence-corrected chi connectivity index (χ1v) is 10.6. The van der Waals surface area contributed by atoms with Crippen molar-refractivity contribution in [2.75, 3.05) is 0 Å². The van der Waals surface area contributed by atoms with Gasteiger partial charge in [0, 0.05) is 5.41 Å². The SMILES string of the molecule is CC(C)(C)[C@H]1OC(=O)[C@H](CC2CCCCCC2)N1C(=O)OCc1ccccc1. The number of hydrogen-bond donors (Lipinski definition) is 0. The van der Waals surface area contributed by atoms with Gasteiger partial charge in [0.05, 0.1) is 0 Å². The molecule has 2 atom stereocenters. The molecule has 0 aromatic heterocycles. The molecule has 0 radical (unpaired) electrons. The number of hydrogen-bond acceptors (Lipinski definition) is 4. The molecule has 0 spiro atoms. The highest BCUT2D eigenvalue weighted by Gasteiger charge is 2.51. The van der Waals surface area contributed by atoms with Crippen molar-refractivity contribution in [2.24, 2.45) is 11.3 Å². The molecule has 3 rings (SSSR count). The van der Waals surface area contributed by atoms with Crippen LogP contribution >= 0.6 is 0 Å². The number of cyclic esters (lactones) is 1. The topological polar surface area (TPSA) is 55.8 Å². The maximum Gasteiger partial charge on any atom is 0.413 e. The molecule has 5 nitrogen and oxygen atoms in total. The summed E-state index contributed by atoms with van der Waals surface area (Å²) in [6.07, 6.45) is 6.78. The molecule has 1 aliphatic carbocycles. The van der Waals surface area contributed by atoms with Gasteiger partial charge in [-0.3, -0.25) is 4.90 Å². The van der Waals surface area contributed by atoms with Gasteiger partial charge in [-0.2, -0.15) is 0 Å². The fourth-order valence-corrected chi connectivity index (χ4v) is 4.26. The van der Waals surface area contributed by atoms with Crippen LogP contribution in [0.15, 0.2) is 30.3 Å². The lowest BCUT2D eigenvalue weighted by atomic mass is 9.90. The summed E-state index contributed by atoms with van der Waals surface area (Å²) >= 11 is 0. The Morgan fingerprint density at radius 3 is 2.36 bits per heavy atom. The summed E-state index contributed by atoms with van der Waals surface area (Å²) in [6.45, 7) is 6.14. The van der Waals surface area contributed by atoms with Crippen molar-refractivity contribution in [1.29, 1.82) is 0 Å². The second-order valence-electron chi connectivity index (χ2n) is 9.21. The van der Waals surface area contributed by atoms with E-state index in [2.05, 4.69) is 0 Å². The van der Waals surface area contributed by atoms with Crippen LogP contribution in [0, 0.1) is 11.3 Å². The highest BCUT2D eigenvalue weighted by atomic mass is 16.6. The first kappa shape index (κ1) is 20.7. The Kier molecular flexibility index (Phi) is 6.63. The summed E-state index contributed by atoms with van der Waals surface area (Å²) in [4.78, 5) is 27.3. The Morgan fingerprint density at radius 2 is 1.75 bits per heavy atom. The van der Waals surface area contributed by atoms with Crippen LogP contribution in [0.1, 0.15) is 71.3 Å². The van der Waals surface area contributed by atoms with E-state index in [1.54, 1.807) is 4.90 Å². The van der Waals surface area contributed by atoms with E-state index >= 15 is 0 Å². The molecule has 1 aliphatic heterocycles. The third-order valence-electron chi connectivity index (χ3n) is 5.78. The summed E-state index contributed by atoms with van der Waals surface area (Å²) in [5, 5.41) is 0. The lowest BCUT2D eigenvalue weighted by molar-refractivity contribution is -0.147. The zero-order valence-electron chi connectivity index (χ0n) is 17.4. The number of ether oxygens (including phenoxy) is 2. The highest BCUT2D eigenvalue weighted by Crippen LogP contribution is 2.37. The van der Waals surface area contributed by atoms with Crippen LogP contribution in [-0.2, 0) is 20.9 Å². The number of nitrogens with zero attached hydrogens (tertiary/aromatic N) is 1. The van der Waals surface area contributed by atoms with Crippen molar-refractivity contribution in [2.45, 2.75) is 84.6 Å². The summed E-state index contributed by atoms with van der Waals surface area (Å²) in [7, 11) is 0. The van der Waals surface area contributed by atoms with Crippen molar-refractivity contribution in [3.05, 3.63) is 35.9 Å². The number of carbonyl (C=O) groups excluding carboxylic acids is 2. The largest absolute Gasteiger partial charge is 0.444 e. The summed E-state index contributed by atoms with van der Waals surface area (Å²) < 4.78 is 11.3. The van der Waals surface area contributed by atoms with E-state index in [0.717, 1.165) is 18.4 Å². The molecule has 0 N–H and O–H groups in total. The molecule has 0 bridgehead atoms. The fraction of sp³-hybridized carbons (Fsp3) is 0.652. The van der Waals surface area contributed by atoms with Gasteiger partial charge in [-0.15, -0.1) is 0 Å². The third kappa shape index (κ3) is 5.06. The lowest BCUT2D eigenvalue weighted by Gasteiger charge is -2.34. The predicted molar refractivity (Wildman–Crippen MR) is 107 cm³/mol. The van der Waals surface area contributed by atoms with Crippen LogP contribution in [0.5, 0.6) is 0 Å². The minimum Gasteiger partial charge on any atom is -0.444 e. The van der Waals surface area contributed by atoms with Gasteiger partial charge in [-0.05, 0) is 17.9 Å². The first-order valence-electron chi connectivity index (χ1n) is 10.6. The number of benzene rings is 1. The van der Waals surface area contributed by atoms with E-state index in [-0.39, 0.29) is 18.0 Å². The molecule has 0 unspecified atom stereocenters. The minimum absolute atomic E-state index is 0.192. The second kappa shape index (κ2) is 8.97. The van der Waals surface area contributed by atoms with Crippen molar-refractivity contribution in [3.8, 4) is 0 Å². The van der Waals surface area contributed by atoms with Crippen molar-refractivity contribution in [3.63, 3.8) is 0 Å². The summed E-state index contributed by atoms with van der Waals surface area (Å²) in [5.74, 6) is 0.170. The average molecular weight is 388 g/mol. The summed E-state index contributed by atoms with van der Waals surface area (Å²) in [6, 6.07) is 9.05. The fourth-order valence-electron chi connectivity index (χ4n) is 4.26. The Labute approximate surface area is 168 Å². The van der Waals surface area contributed by atoms with E-state index in [1.165, 1.54) is 25.7 Å². The number of amides is 1. The van der Waals surface area contributed by atoms with Gasteiger partial charge < -0.3 is 9.47 Å². The van der Waals surface area contributed by atoms with Crippen LogP contribution < -0.4 is 0 Å². The molecule has 1 saturated heterocycles. The molecular formula is C23H33NO4. The van der Waals surface area contributed by atoms with E-state index in [4.69, 9.17) is 9.47 Å². The van der Waals surface area contributed by atoms with Crippen LogP contribution in [-0.4, -0.2) is 29.2 Å². The van der Waals surface area contributed by atoms with Crippen LogP contribution in [0.3, 0.4) is 0 Å². The number of carbonyl (C=O) groups is 2. The van der Waals surface area contributed by atoms with Crippen LogP contribution in [0.25, 0.3) is 0 Å². The second-order valence-corrected chi connectivity index (χ2v) is 9.21. The van der Waals surface area contributed by atoms with Gasteiger partial charge in [0.1, 0.15) is 12.6 Å². The smallest absolute Gasteiger partial charge is 0.413 e. The maximum atomic E-state index is 13.0. The van der Waals surface area contributed by atoms with Crippen molar-refractivity contribution in [1.82, 2.24) is 4.90 Å². The molecular weight excluding hydrogens is 354 g/mol. The molecule has 1 aromatic rings. The molecule has 5 heteroatoms. The standard InChI is InChI=1S/C23H33NO4/c1-23(2,3)21-24(22(26)27-16-18-13-9-6-10-14-18)19(20(25)28-21)15-17-11-7-4-5-8-12-17/h6,9-10,13-14,17,19,21H,4-5,7-8,11-12,15-16H2,1-3H3/t19-,21+/m0/s1. The molecule has 2 fully saturated rings. The van der Waals surface area contributed by atoms with Gasteiger partial charge in [-0.25, -0.2) is 9.59 Å². The lowest BCUT2D eigenvalue weighted by Crippen LogP contribution is -2.48. The zero-order valence-corrected chi connectivity index (χ0v) is 17.4. The van der Waals surface area contributed by atoms with Gasteiger partial charge in [-0.1, -0.05) is 89.6 Å². The van der Waals surface area contributed by atoms with E-state index in [9.17, 15) is 9.59 Å². The molecule has 28 heavy (non-hydrogen) atoms. The quantitative estimate of drug-likeness (QED) is 0.521. The Bertz CT molecular complexity index is 659. The minimum atomic E-state index is -0.598. The molecule has 1 aromatic carbocycles. The van der Waals surface area contributed by atoms with Gasteiger partial charge in [0.15, 0.2) is 6.23 Å². The van der Waals surface area contributed by atoms with Gasteiger partial charge >= 0.3 is 12.1 Å². The zero-order chi connectivity index (χ0) is 20.1. The normalized spacial score (nSPS) is 24.0. The van der Waals surface area contributed by atoms with E-state index in [1.807, 2.05) is 51.1 Å². The first-order chi connectivity index (χ1) is 13.4. The summed E-state index contributed by atoms with van der Waals surface area (Å²) in [5.41, 5.74) is 0.550.